The number of quaternary nitrogens is 1. The van der Waals surface area contributed by atoms with E-state index >= 15 is 0 Å². The zero-order valence-corrected chi connectivity index (χ0v) is 16.6. The summed E-state index contributed by atoms with van der Waals surface area (Å²) in [7, 11) is 5.26. The van der Waals surface area contributed by atoms with Gasteiger partial charge >= 0.3 is 5.97 Å². The number of methoxy groups -OCH3 is 1. The molecule has 0 aliphatic carbocycles. The number of imide groups is 1. The molecule has 2 saturated heterocycles. The Bertz CT molecular complexity index is 761. The normalized spacial score (nSPS) is 29.8. The van der Waals surface area contributed by atoms with Crippen LogP contribution in [-0.2, 0) is 19.1 Å². The lowest BCUT2D eigenvalue weighted by Gasteiger charge is -2.28. The van der Waals surface area contributed by atoms with Crippen LogP contribution in [0.1, 0.15) is 31.9 Å². The van der Waals surface area contributed by atoms with Crippen molar-refractivity contribution in [2.75, 3.05) is 32.6 Å². The second-order valence-corrected chi connectivity index (χ2v) is 7.49. The van der Waals surface area contributed by atoms with Gasteiger partial charge < -0.3 is 15.0 Å². The van der Waals surface area contributed by atoms with Crippen molar-refractivity contribution in [1.29, 1.82) is 0 Å². The molecule has 0 aromatic heterocycles. The number of amides is 2. The predicted molar refractivity (Wildman–Crippen MR) is 99.8 cm³/mol. The lowest BCUT2D eigenvalue weighted by atomic mass is 9.78. The number of carbonyl (C=O) groups excluding carboxylic acids is 3. The summed E-state index contributed by atoms with van der Waals surface area (Å²) in [5, 5.41) is 1.89. The number of ether oxygens (including phenoxy) is 1. The SMILES string of the molecule is CCN1C(=O)[C@H]2[C@@H](C1=O)[C@@](CC)(C(=O)OC)[NH2+][C@H]2c1ccc(N(C)C)cc1. The van der Waals surface area contributed by atoms with Gasteiger partial charge in [0, 0.05) is 38.3 Å². The molecule has 4 atom stereocenters. The molecule has 2 aliphatic rings. The Morgan fingerprint density at radius 3 is 2.30 bits per heavy atom. The maximum Gasteiger partial charge on any atom is 0.368 e. The van der Waals surface area contributed by atoms with E-state index in [1.165, 1.54) is 12.0 Å². The Morgan fingerprint density at radius 1 is 1.19 bits per heavy atom. The molecule has 0 saturated carbocycles. The number of fused-ring (bicyclic) bond motifs is 1. The zero-order chi connectivity index (χ0) is 19.9. The molecule has 1 aromatic carbocycles. The first-order valence-corrected chi connectivity index (χ1v) is 9.39. The van der Waals surface area contributed by atoms with Gasteiger partial charge in [-0.2, -0.15) is 0 Å². The zero-order valence-electron chi connectivity index (χ0n) is 16.6. The Kier molecular flexibility index (Phi) is 4.99. The first kappa shape index (κ1) is 19.4. The number of hydrogen-bond donors (Lipinski definition) is 1. The van der Waals surface area contributed by atoms with Crippen molar-refractivity contribution in [2.45, 2.75) is 31.8 Å². The molecule has 27 heavy (non-hydrogen) atoms. The van der Waals surface area contributed by atoms with Crippen LogP contribution in [0.3, 0.4) is 0 Å². The minimum Gasteiger partial charge on any atom is -0.464 e. The number of likely N-dealkylation sites (tertiary alicyclic amines) is 1. The van der Waals surface area contributed by atoms with Gasteiger partial charge in [-0.1, -0.05) is 19.1 Å². The fourth-order valence-corrected chi connectivity index (χ4v) is 4.66. The largest absolute Gasteiger partial charge is 0.464 e. The summed E-state index contributed by atoms with van der Waals surface area (Å²) in [5.41, 5.74) is 0.919. The van der Waals surface area contributed by atoms with Gasteiger partial charge in [-0.25, -0.2) is 4.79 Å². The predicted octanol–water partition coefficient (Wildman–Crippen LogP) is 0.314. The maximum atomic E-state index is 13.0. The average molecular weight is 374 g/mol. The van der Waals surface area contributed by atoms with Crippen LogP contribution < -0.4 is 10.2 Å². The molecular formula is C20H28N3O4+. The van der Waals surface area contributed by atoms with Crippen molar-refractivity contribution >= 4 is 23.5 Å². The van der Waals surface area contributed by atoms with Crippen molar-refractivity contribution in [1.82, 2.24) is 4.90 Å². The second kappa shape index (κ2) is 6.96. The van der Waals surface area contributed by atoms with Crippen molar-refractivity contribution in [3.05, 3.63) is 29.8 Å². The highest BCUT2D eigenvalue weighted by Crippen LogP contribution is 2.45. The number of carbonyl (C=O) groups is 3. The topological polar surface area (TPSA) is 83.5 Å². The first-order valence-electron chi connectivity index (χ1n) is 9.39. The van der Waals surface area contributed by atoms with Crippen molar-refractivity contribution in [3.63, 3.8) is 0 Å². The van der Waals surface area contributed by atoms with E-state index in [0.29, 0.717) is 13.0 Å². The van der Waals surface area contributed by atoms with Crippen molar-refractivity contribution in [2.24, 2.45) is 11.8 Å². The number of nitrogens with two attached hydrogens (primary N) is 1. The summed E-state index contributed by atoms with van der Waals surface area (Å²) in [6.45, 7) is 3.97. The van der Waals surface area contributed by atoms with E-state index in [-0.39, 0.29) is 17.9 Å². The van der Waals surface area contributed by atoms with Crippen molar-refractivity contribution in [3.8, 4) is 0 Å². The van der Waals surface area contributed by atoms with Gasteiger partial charge in [-0.3, -0.25) is 14.5 Å². The standard InChI is InChI=1S/C20H27N3O4/c1-6-20(19(26)27-5)15-14(17(24)23(7-2)18(15)25)16(21-20)12-8-10-13(11-9-12)22(3)4/h8-11,14-16,21H,6-7H2,1-5H3/p+1/t14-,15-,16-,20-/m0/s1. The Hall–Kier alpha value is -2.41. The summed E-state index contributed by atoms with van der Waals surface area (Å²) in [6, 6.07) is 7.63. The van der Waals surface area contributed by atoms with E-state index < -0.39 is 23.3 Å². The van der Waals surface area contributed by atoms with Crippen LogP contribution in [-0.4, -0.2) is 56.0 Å². The van der Waals surface area contributed by atoms with E-state index in [9.17, 15) is 14.4 Å². The first-order chi connectivity index (χ1) is 12.8. The van der Waals surface area contributed by atoms with Gasteiger partial charge in [-0.05, 0) is 19.1 Å². The van der Waals surface area contributed by atoms with Crippen LogP contribution in [0.15, 0.2) is 24.3 Å². The smallest absolute Gasteiger partial charge is 0.368 e. The summed E-state index contributed by atoms with van der Waals surface area (Å²) in [5.74, 6) is -2.14. The Labute approximate surface area is 159 Å². The molecule has 2 fully saturated rings. The van der Waals surface area contributed by atoms with Gasteiger partial charge in [0.2, 0.25) is 17.4 Å². The number of rotatable bonds is 5. The molecule has 146 valence electrons. The van der Waals surface area contributed by atoms with Gasteiger partial charge in [0.25, 0.3) is 0 Å². The summed E-state index contributed by atoms with van der Waals surface area (Å²) < 4.78 is 5.06. The van der Waals surface area contributed by atoms with Gasteiger partial charge in [0.15, 0.2) is 0 Å². The van der Waals surface area contributed by atoms with E-state index in [2.05, 4.69) is 0 Å². The van der Waals surface area contributed by atoms with E-state index in [1.54, 1.807) is 6.92 Å². The minimum absolute atomic E-state index is 0.190. The third-order valence-corrected chi connectivity index (χ3v) is 6.12. The molecule has 0 bridgehead atoms. The highest BCUT2D eigenvalue weighted by Gasteiger charge is 2.71. The highest BCUT2D eigenvalue weighted by molar-refractivity contribution is 6.08. The number of nitrogens with zero attached hydrogens (tertiary/aromatic N) is 2. The Balaban J connectivity index is 2.09. The molecule has 0 radical (unpaired) electrons. The van der Waals surface area contributed by atoms with E-state index in [4.69, 9.17) is 4.74 Å². The van der Waals surface area contributed by atoms with Gasteiger partial charge in [-0.15, -0.1) is 0 Å². The number of esters is 1. The number of hydrogen-bond acceptors (Lipinski definition) is 5. The van der Waals surface area contributed by atoms with Crippen LogP contribution in [0.25, 0.3) is 0 Å². The lowest BCUT2D eigenvalue weighted by molar-refractivity contribution is -0.734. The molecule has 2 N–H and O–H groups in total. The summed E-state index contributed by atoms with van der Waals surface area (Å²) in [6.07, 6.45) is 0.420. The van der Waals surface area contributed by atoms with E-state index in [1.807, 2.05) is 55.5 Å². The average Bonchev–Trinajstić information content (AvgIpc) is 3.15. The molecule has 7 heteroatoms. The molecule has 3 rings (SSSR count). The molecule has 2 aliphatic heterocycles. The molecule has 2 heterocycles. The summed E-state index contributed by atoms with van der Waals surface area (Å²) in [4.78, 5) is 42.1. The molecule has 0 spiro atoms. The quantitative estimate of drug-likeness (QED) is 0.593. The van der Waals surface area contributed by atoms with Crippen LogP contribution in [0.4, 0.5) is 5.69 Å². The van der Waals surface area contributed by atoms with Gasteiger partial charge in [0.05, 0.1) is 7.11 Å². The number of benzene rings is 1. The molecule has 1 aromatic rings. The van der Waals surface area contributed by atoms with Crippen LogP contribution in [0.5, 0.6) is 0 Å². The highest BCUT2D eigenvalue weighted by atomic mass is 16.5. The van der Waals surface area contributed by atoms with E-state index in [0.717, 1.165) is 11.3 Å². The maximum absolute atomic E-state index is 13.0. The second-order valence-electron chi connectivity index (χ2n) is 7.49. The van der Waals surface area contributed by atoms with Crippen LogP contribution >= 0.6 is 0 Å². The molecule has 2 amide bonds. The Morgan fingerprint density at radius 2 is 1.81 bits per heavy atom. The molecule has 0 unspecified atom stereocenters. The van der Waals surface area contributed by atoms with Crippen LogP contribution in [0.2, 0.25) is 0 Å². The minimum atomic E-state index is -1.07. The summed E-state index contributed by atoms with van der Waals surface area (Å²) >= 11 is 0. The van der Waals surface area contributed by atoms with Crippen LogP contribution in [0, 0.1) is 11.8 Å². The third kappa shape index (κ3) is 2.72. The molecular weight excluding hydrogens is 346 g/mol. The fraction of sp³-hybridized carbons (Fsp3) is 0.550. The molecule has 7 nitrogen and oxygen atoms in total. The monoisotopic (exact) mass is 374 g/mol. The van der Waals surface area contributed by atoms with Gasteiger partial charge in [0.1, 0.15) is 17.9 Å². The van der Waals surface area contributed by atoms with Crippen molar-refractivity contribution < 1.29 is 24.4 Å². The lowest BCUT2D eigenvalue weighted by Crippen LogP contribution is -2.98. The number of anilines is 1. The third-order valence-electron chi connectivity index (χ3n) is 6.12. The fourth-order valence-electron chi connectivity index (χ4n) is 4.66.